The van der Waals surface area contributed by atoms with E-state index in [-0.39, 0.29) is 5.70 Å². The highest BCUT2D eigenvalue weighted by Crippen LogP contribution is 2.19. The summed E-state index contributed by atoms with van der Waals surface area (Å²) in [5, 5.41) is 6.24. The number of hydrogen-bond donors (Lipinski definition) is 2. The van der Waals surface area contributed by atoms with Gasteiger partial charge in [0.15, 0.2) is 0 Å². The summed E-state index contributed by atoms with van der Waals surface area (Å²) in [5.41, 5.74) is 1.30. The molecule has 138 valence electrons. The average molecular weight is 404 g/mol. The molecule has 1 fully saturated rings. The van der Waals surface area contributed by atoms with Crippen LogP contribution in [0.4, 0.5) is 10.5 Å². The fraction of sp³-hybridized carbons (Fsp3) is 0.105. The van der Waals surface area contributed by atoms with Crippen LogP contribution >= 0.6 is 23.2 Å². The van der Waals surface area contributed by atoms with E-state index in [1.165, 1.54) is 13.0 Å². The Morgan fingerprint density at radius 3 is 2.19 bits per heavy atom. The second-order valence-electron chi connectivity index (χ2n) is 5.89. The zero-order valence-corrected chi connectivity index (χ0v) is 15.7. The van der Waals surface area contributed by atoms with Gasteiger partial charge < -0.3 is 10.6 Å². The number of hydrogen-bond acceptors (Lipinski definition) is 3. The molecule has 1 aliphatic heterocycles. The molecule has 0 aliphatic carbocycles. The smallest absolute Gasteiger partial charge is 0.324 e. The number of nitrogens with zero attached hydrogens (tertiary/aromatic N) is 1. The Bertz CT molecular complexity index is 924. The third kappa shape index (κ3) is 4.30. The summed E-state index contributed by atoms with van der Waals surface area (Å²) in [7, 11) is 0. The Morgan fingerprint density at radius 1 is 1.04 bits per heavy atom. The fourth-order valence-corrected chi connectivity index (χ4v) is 2.78. The maximum Gasteiger partial charge on any atom is 0.329 e. The Balaban J connectivity index is 1.74. The lowest BCUT2D eigenvalue weighted by molar-refractivity contribution is -0.130. The first kappa shape index (κ1) is 18.9. The first-order chi connectivity index (χ1) is 12.8. The number of imide groups is 1. The van der Waals surface area contributed by atoms with E-state index < -0.39 is 23.9 Å². The number of amides is 4. The molecule has 1 aliphatic rings. The van der Waals surface area contributed by atoms with Crippen molar-refractivity contribution in [3.05, 3.63) is 69.8 Å². The van der Waals surface area contributed by atoms with Gasteiger partial charge in [-0.3, -0.25) is 9.59 Å². The van der Waals surface area contributed by atoms with Gasteiger partial charge in [0.2, 0.25) is 5.91 Å². The molecule has 3 rings (SSSR count). The van der Waals surface area contributed by atoms with Gasteiger partial charge >= 0.3 is 6.03 Å². The van der Waals surface area contributed by atoms with Crippen LogP contribution in [0, 0.1) is 0 Å². The fourth-order valence-electron chi connectivity index (χ4n) is 2.52. The van der Waals surface area contributed by atoms with Gasteiger partial charge in [-0.15, -0.1) is 0 Å². The van der Waals surface area contributed by atoms with E-state index >= 15 is 0 Å². The van der Waals surface area contributed by atoms with Crippen molar-refractivity contribution in [3.8, 4) is 0 Å². The Kier molecular flexibility index (Phi) is 5.48. The summed E-state index contributed by atoms with van der Waals surface area (Å²) < 4.78 is 0. The van der Waals surface area contributed by atoms with Crippen LogP contribution in [0.1, 0.15) is 12.5 Å². The quantitative estimate of drug-likeness (QED) is 0.599. The second kappa shape index (κ2) is 7.82. The van der Waals surface area contributed by atoms with Gasteiger partial charge in [-0.2, -0.15) is 0 Å². The number of halogens is 2. The molecule has 0 bridgehead atoms. The lowest BCUT2D eigenvalue weighted by Gasteiger charge is -2.20. The Labute approximate surface area is 165 Å². The van der Waals surface area contributed by atoms with Gasteiger partial charge in [-0.25, -0.2) is 9.69 Å². The van der Waals surface area contributed by atoms with Gasteiger partial charge in [-0.05, 0) is 55.0 Å². The van der Waals surface area contributed by atoms with Crippen molar-refractivity contribution >= 4 is 52.8 Å². The molecular formula is C19H15Cl2N3O3. The molecule has 2 aromatic carbocycles. The maximum atomic E-state index is 12.6. The number of nitrogens with one attached hydrogen (secondary N) is 2. The third-order valence-corrected chi connectivity index (χ3v) is 4.47. The highest BCUT2D eigenvalue weighted by Gasteiger charge is 2.39. The van der Waals surface area contributed by atoms with Crippen LogP contribution in [0.2, 0.25) is 10.0 Å². The van der Waals surface area contributed by atoms with Crippen LogP contribution in [0.25, 0.3) is 6.08 Å². The number of carbonyl (C=O) groups is 3. The summed E-state index contributed by atoms with van der Waals surface area (Å²) in [4.78, 5) is 38.1. The van der Waals surface area contributed by atoms with Crippen molar-refractivity contribution in [3.63, 3.8) is 0 Å². The largest absolute Gasteiger partial charge is 0.329 e. The molecular weight excluding hydrogens is 389 g/mol. The van der Waals surface area contributed by atoms with Crippen LogP contribution < -0.4 is 10.6 Å². The molecule has 0 aromatic heterocycles. The van der Waals surface area contributed by atoms with Gasteiger partial charge in [0, 0.05) is 15.7 Å². The number of benzene rings is 2. The predicted octanol–water partition coefficient (Wildman–Crippen LogP) is 3.91. The lowest BCUT2D eigenvalue weighted by atomic mass is 10.2. The van der Waals surface area contributed by atoms with Crippen molar-refractivity contribution in [2.45, 2.75) is 13.0 Å². The summed E-state index contributed by atoms with van der Waals surface area (Å²) in [6.07, 6.45) is 1.53. The van der Waals surface area contributed by atoms with Crippen LogP contribution in [0.5, 0.6) is 0 Å². The van der Waals surface area contributed by atoms with Crippen molar-refractivity contribution in [2.75, 3.05) is 5.32 Å². The van der Waals surface area contributed by atoms with E-state index in [1.54, 1.807) is 48.5 Å². The van der Waals surface area contributed by atoms with E-state index in [9.17, 15) is 14.4 Å². The summed E-state index contributed by atoms with van der Waals surface area (Å²) in [6, 6.07) is 11.6. The molecule has 4 amide bonds. The molecule has 6 nitrogen and oxygen atoms in total. The second-order valence-corrected chi connectivity index (χ2v) is 6.76. The Hall–Kier alpha value is -2.83. The molecule has 0 saturated carbocycles. The molecule has 8 heteroatoms. The number of anilines is 1. The third-order valence-electron chi connectivity index (χ3n) is 3.97. The van der Waals surface area contributed by atoms with Crippen LogP contribution in [0.15, 0.2) is 54.2 Å². The van der Waals surface area contributed by atoms with Crippen LogP contribution in [-0.2, 0) is 9.59 Å². The first-order valence-electron chi connectivity index (χ1n) is 8.03. The monoisotopic (exact) mass is 403 g/mol. The molecule has 27 heavy (non-hydrogen) atoms. The van der Waals surface area contributed by atoms with E-state index in [1.807, 2.05) is 0 Å². The number of carbonyl (C=O) groups excluding carboxylic acids is 3. The Morgan fingerprint density at radius 2 is 1.59 bits per heavy atom. The molecule has 1 saturated heterocycles. The van der Waals surface area contributed by atoms with Gasteiger partial charge in [0.1, 0.15) is 11.7 Å². The van der Waals surface area contributed by atoms with Crippen LogP contribution in [-0.4, -0.2) is 28.8 Å². The highest BCUT2D eigenvalue weighted by molar-refractivity contribution is 6.31. The number of rotatable bonds is 4. The van der Waals surface area contributed by atoms with E-state index in [4.69, 9.17) is 23.2 Å². The van der Waals surface area contributed by atoms with E-state index in [0.717, 1.165) is 4.90 Å². The first-order valence-corrected chi connectivity index (χ1v) is 8.79. The molecule has 0 spiro atoms. The van der Waals surface area contributed by atoms with E-state index in [2.05, 4.69) is 10.6 Å². The SMILES string of the molecule is CC(C(=O)Nc1ccc(Cl)cc1)N1C(=O)N/C(=C\c2ccc(Cl)cc2)C1=O. The van der Waals surface area contributed by atoms with Crippen molar-refractivity contribution in [1.82, 2.24) is 10.2 Å². The van der Waals surface area contributed by atoms with Crippen molar-refractivity contribution in [2.24, 2.45) is 0 Å². The van der Waals surface area contributed by atoms with Gasteiger partial charge in [0.25, 0.3) is 5.91 Å². The summed E-state index contributed by atoms with van der Waals surface area (Å²) >= 11 is 11.6. The zero-order chi connectivity index (χ0) is 19.6. The average Bonchev–Trinajstić information content (AvgIpc) is 2.91. The summed E-state index contributed by atoms with van der Waals surface area (Å²) in [5.74, 6) is -1.07. The van der Waals surface area contributed by atoms with E-state index in [0.29, 0.717) is 21.3 Å². The predicted molar refractivity (Wildman–Crippen MR) is 104 cm³/mol. The highest BCUT2D eigenvalue weighted by atomic mass is 35.5. The maximum absolute atomic E-state index is 12.6. The standard InChI is InChI=1S/C19H15Cl2N3O3/c1-11(17(25)22-15-8-6-14(21)7-9-15)24-18(26)16(23-19(24)27)10-12-2-4-13(20)5-3-12/h2-11H,1H3,(H,22,25)(H,23,27)/b16-10-. The molecule has 2 N–H and O–H groups in total. The number of urea groups is 1. The normalized spacial score (nSPS) is 16.4. The molecule has 1 unspecified atom stereocenters. The van der Waals surface area contributed by atoms with Crippen LogP contribution in [0.3, 0.4) is 0 Å². The van der Waals surface area contributed by atoms with Crippen molar-refractivity contribution < 1.29 is 14.4 Å². The topological polar surface area (TPSA) is 78.5 Å². The lowest BCUT2D eigenvalue weighted by Crippen LogP contribution is -2.45. The molecule has 1 heterocycles. The summed E-state index contributed by atoms with van der Waals surface area (Å²) in [6.45, 7) is 1.48. The zero-order valence-electron chi connectivity index (χ0n) is 14.2. The van der Waals surface area contributed by atoms with Gasteiger partial charge in [-0.1, -0.05) is 35.3 Å². The van der Waals surface area contributed by atoms with Gasteiger partial charge in [0.05, 0.1) is 0 Å². The minimum atomic E-state index is -0.996. The van der Waals surface area contributed by atoms with Crippen molar-refractivity contribution in [1.29, 1.82) is 0 Å². The minimum absolute atomic E-state index is 0.0912. The molecule has 0 radical (unpaired) electrons. The minimum Gasteiger partial charge on any atom is -0.324 e. The molecule has 1 atom stereocenters. The molecule has 2 aromatic rings.